The van der Waals surface area contributed by atoms with E-state index in [-0.39, 0.29) is 6.54 Å². The number of aliphatic carboxylic acids is 1. The van der Waals surface area contributed by atoms with Gasteiger partial charge in [0.25, 0.3) is 0 Å². The molecule has 1 unspecified atom stereocenters. The van der Waals surface area contributed by atoms with Crippen LogP contribution in [0.15, 0.2) is 0 Å². The second-order valence-corrected chi connectivity index (χ2v) is 5.74. The van der Waals surface area contributed by atoms with Gasteiger partial charge in [0.05, 0.1) is 7.11 Å². The number of hydrogen-bond donors (Lipinski definition) is 1. The molecule has 0 aromatic heterocycles. The van der Waals surface area contributed by atoms with E-state index >= 15 is 0 Å². The van der Waals surface area contributed by atoms with Crippen molar-refractivity contribution in [1.82, 2.24) is 9.80 Å². The highest BCUT2D eigenvalue weighted by Gasteiger charge is 2.45. The van der Waals surface area contributed by atoms with E-state index in [0.717, 1.165) is 12.8 Å². The molecule has 0 spiro atoms. The van der Waals surface area contributed by atoms with E-state index in [1.165, 1.54) is 24.0 Å². The average molecular weight is 286 g/mol. The second-order valence-electron chi connectivity index (χ2n) is 5.74. The van der Waals surface area contributed by atoms with Crippen LogP contribution in [0.2, 0.25) is 0 Å². The van der Waals surface area contributed by atoms with Gasteiger partial charge >= 0.3 is 18.0 Å². The highest BCUT2D eigenvalue weighted by atomic mass is 16.5. The minimum absolute atomic E-state index is 0.196. The third kappa shape index (κ3) is 3.40. The molecule has 0 aromatic rings. The summed E-state index contributed by atoms with van der Waals surface area (Å²) in [5.41, 5.74) is -0.494. The van der Waals surface area contributed by atoms with Crippen LogP contribution in [0.1, 0.15) is 26.7 Å². The molecule has 0 radical (unpaired) electrons. The number of likely N-dealkylation sites (N-methyl/N-ethyl adjacent to an activating group) is 1. The van der Waals surface area contributed by atoms with E-state index in [4.69, 9.17) is 0 Å². The number of piperidine rings is 1. The number of amides is 2. The molecule has 0 aromatic carbocycles. The summed E-state index contributed by atoms with van der Waals surface area (Å²) in [6.07, 6.45) is 1.49. The van der Waals surface area contributed by atoms with E-state index in [2.05, 4.69) is 4.74 Å². The van der Waals surface area contributed by atoms with Gasteiger partial charge in [-0.3, -0.25) is 4.79 Å². The summed E-state index contributed by atoms with van der Waals surface area (Å²) in [5, 5.41) is 9.40. The average Bonchev–Trinajstić information content (AvgIpc) is 2.35. The maximum atomic E-state index is 12.3. The first kappa shape index (κ1) is 16.3. The fourth-order valence-corrected chi connectivity index (χ4v) is 2.61. The number of ether oxygens (including phenoxy) is 1. The normalized spacial score (nSPS) is 21.2. The SMILES string of the molecule is COC(=O)CN(C)C(=O)N1CCCC(C)(C)C1C(=O)O. The quantitative estimate of drug-likeness (QED) is 0.775. The highest BCUT2D eigenvalue weighted by Crippen LogP contribution is 2.35. The van der Waals surface area contributed by atoms with Gasteiger partial charge in [0.1, 0.15) is 12.6 Å². The van der Waals surface area contributed by atoms with Crippen molar-refractivity contribution in [2.24, 2.45) is 5.41 Å². The molecular formula is C13H22N2O5. The fourth-order valence-electron chi connectivity index (χ4n) is 2.61. The summed E-state index contributed by atoms with van der Waals surface area (Å²) >= 11 is 0. The molecule has 7 nitrogen and oxygen atoms in total. The van der Waals surface area contributed by atoms with E-state index in [9.17, 15) is 19.5 Å². The lowest BCUT2D eigenvalue weighted by Crippen LogP contribution is -2.59. The largest absolute Gasteiger partial charge is 0.480 e. The molecule has 1 saturated heterocycles. The summed E-state index contributed by atoms with van der Waals surface area (Å²) in [7, 11) is 2.70. The number of hydrogen-bond acceptors (Lipinski definition) is 4. The summed E-state index contributed by atoms with van der Waals surface area (Å²) in [6, 6.07) is -1.35. The van der Waals surface area contributed by atoms with Gasteiger partial charge in [-0.15, -0.1) is 0 Å². The van der Waals surface area contributed by atoms with Crippen LogP contribution in [0, 0.1) is 5.41 Å². The van der Waals surface area contributed by atoms with Crippen LogP contribution in [-0.2, 0) is 14.3 Å². The monoisotopic (exact) mass is 286 g/mol. The number of methoxy groups -OCH3 is 1. The Hall–Kier alpha value is -1.79. The first-order valence-electron chi connectivity index (χ1n) is 6.52. The maximum Gasteiger partial charge on any atom is 0.327 e. The Morgan fingerprint density at radius 2 is 2.00 bits per heavy atom. The van der Waals surface area contributed by atoms with E-state index < -0.39 is 29.4 Å². The molecule has 7 heteroatoms. The number of carboxylic acids is 1. The molecule has 1 aliphatic heterocycles. The van der Waals surface area contributed by atoms with Crippen LogP contribution < -0.4 is 0 Å². The zero-order valence-corrected chi connectivity index (χ0v) is 12.4. The predicted molar refractivity (Wildman–Crippen MR) is 71.2 cm³/mol. The first-order valence-corrected chi connectivity index (χ1v) is 6.52. The molecule has 0 bridgehead atoms. The Morgan fingerprint density at radius 1 is 1.40 bits per heavy atom. The lowest BCUT2D eigenvalue weighted by atomic mass is 9.76. The van der Waals surface area contributed by atoms with E-state index in [1.54, 1.807) is 0 Å². The molecule has 20 heavy (non-hydrogen) atoms. The van der Waals surface area contributed by atoms with Crippen molar-refractivity contribution in [2.75, 3.05) is 27.2 Å². The van der Waals surface area contributed by atoms with Crippen LogP contribution in [0.3, 0.4) is 0 Å². The van der Waals surface area contributed by atoms with Crippen molar-refractivity contribution in [1.29, 1.82) is 0 Å². The Labute approximate surface area is 118 Å². The number of esters is 1. The number of carbonyl (C=O) groups excluding carboxylic acids is 2. The molecule has 114 valence electrons. The standard InChI is InChI=1S/C13H22N2O5/c1-13(2)6-5-7-15(10(13)11(17)18)12(19)14(3)8-9(16)20-4/h10H,5-8H2,1-4H3,(H,17,18). The molecule has 1 N–H and O–H groups in total. The van der Waals surface area contributed by atoms with Crippen LogP contribution >= 0.6 is 0 Å². The van der Waals surface area contributed by atoms with Gasteiger partial charge in [-0.2, -0.15) is 0 Å². The lowest BCUT2D eigenvalue weighted by molar-refractivity contribution is -0.148. The second kappa shape index (κ2) is 6.11. The van der Waals surface area contributed by atoms with Crippen LogP contribution in [0.4, 0.5) is 4.79 Å². The predicted octanol–water partition coefficient (Wildman–Crippen LogP) is 0.786. The van der Waals surface area contributed by atoms with Gasteiger partial charge in [0.15, 0.2) is 0 Å². The Morgan fingerprint density at radius 3 is 2.50 bits per heavy atom. The fraction of sp³-hybridized carbons (Fsp3) is 0.769. The molecule has 1 rings (SSSR count). The molecule has 0 saturated carbocycles. The number of rotatable bonds is 3. The van der Waals surface area contributed by atoms with Crippen molar-refractivity contribution >= 4 is 18.0 Å². The topological polar surface area (TPSA) is 87.2 Å². The lowest BCUT2D eigenvalue weighted by Gasteiger charge is -2.44. The van der Waals surface area contributed by atoms with Crippen molar-refractivity contribution < 1.29 is 24.2 Å². The number of urea groups is 1. The molecule has 1 aliphatic rings. The molecule has 0 aliphatic carbocycles. The summed E-state index contributed by atoms with van der Waals surface area (Å²) in [5.74, 6) is -1.56. The minimum atomic E-state index is -1.02. The maximum absolute atomic E-state index is 12.3. The third-order valence-electron chi connectivity index (χ3n) is 3.67. The van der Waals surface area contributed by atoms with Gasteiger partial charge in [0.2, 0.25) is 0 Å². The molecule has 2 amide bonds. The Bertz CT molecular complexity index is 408. The van der Waals surface area contributed by atoms with Gasteiger partial charge in [-0.25, -0.2) is 9.59 Å². The van der Waals surface area contributed by atoms with Crippen molar-refractivity contribution in [2.45, 2.75) is 32.7 Å². The molecule has 1 heterocycles. The molecule has 1 fully saturated rings. The zero-order valence-electron chi connectivity index (χ0n) is 12.4. The van der Waals surface area contributed by atoms with Gasteiger partial charge in [0, 0.05) is 13.6 Å². The summed E-state index contributed by atoms with van der Waals surface area (Å²) in [6.45, 7) is 3.86. The highest BCUT2D eigenvalue weighted by molar-refractivity contribution is 5.85. The first-order chi connectivity index (χ1) is 9.20. The number of nitrogens with zero attached hydrogens (tertiary/aromatic N) is 2. The number of carboxylic acid groups (broad SMARTS) is 1. The van der Waals surface area contributed by atoms with Gasteiger partial charge < -0.3 is 19.6 Å². The smallest absolute Gasteiger partial charge is 0.327 e. The number of likely N-dealkylation sites (tertiary alicyclic amines) is 1. The minimum Gasteiger partial charge on any atom is -0.480 e. The third-order valence-corrected chi connectivity index (χ3v) is 3.67. The Kier molecular flexibility index (Phi) is 4.97. The molecular weight excluding hydrogens is 264 g/mol. The van der Waals surface area contributed by atoms with Crippen molar-refractivity contribution in [3.05, 3.63) is 0 Å². The van der Waals surface area contributed by atoms with E-state index in [1.807, 2.05) is 13.8 Å². The van der Waals surface area contributed by atoms with Crippen molar-refractivity contribution in [3.63, 3.8) is 0 Å². The Balaban J connectivity index is 2.89. The van der Waals surface area contributed by atoms with E-state index in [0.29, 0.717) is 6.54 Å². The van der Waals surface area contributed by atoms with Gasteiger partial charge in [-0.05, 0) is 18.3 Å². The van der Waals surface area contributed by atoms with Gasteiger partial charge in [-0.1, -0.05) is 13.8 Å². The van der Waals surface area contributed by atoms with Crippen LogP contribution in [0.25, 0.3) is 0 Å². The number of carbonyl (C=O) groups is 3. The van der Waals surface area contributed by atoms with Crippen LogP contribution in [0.5, 0.6) is 0 Å². The summed E-state index contributed by atoms with van der Waals surface area (Å²) in [4.78, 5) is 37.5. The zero-order chi connectivity index (χ0) is 15.5. The van der Waals surface area contributed by atoms with Crippen LogP contribution in [-0.4, -0.2) is 66.2 Å². The molecule has 1 atom stereocenters. The van der Waals surface area contributed by atoms with Crippen molar-refractivity contribution in [3.8, 4) is 0 Å². The summed E-state index contributed by atoms with van der Waals surface area (Å²) < 4.78 is 4.51.